The van der Waals surface area contributed by atoms with Crippen molar-refractivity contribution in [2.45, 2.75) is 20.3 Å². The number of nitrogens with zero attached hydrogens (tertiary/aromatic N) is 1. The molecule has 0 heterocycles. The fourth-order valence-corrected chi connectivity index (χ4v) is 1.90. The summed E-state index contributed by atoms with van der Waals surface area (Å²) in [6.45, 7) is 4.72. The van der Waals surface area contributed by atoms with Gasteiger partial charge in [-0.1, -0.05) is 6.07 Å². The number of carbonyl (C=O) groups excluding carboxylic acids is 1. The first-order valence-electron chi connectivity index (χ1n) is 5.79. The third kappa shape index (κ3) is 3.56. The van der Waals surface area contributed by atoms with Crippen molar-refractivity contribution in [3.05, 3.63) is 28.8 Å². The van der Waals surface area contributed by atoms with Crippen LogP contribution in [0.3, 0.4) is 0 Å². The van der Waals surface area contributed by atoms with Gasteiger partial charge in [-0.3, -0.25) is 4.79 Å². The molecule has 0 saturated heterocycles. The summed E-state index contributed by atoms with van der Waals surface area (Å²) in [5.74, 6) is 0.833. The van der Waals surface area contributed by atoms with E-state index in [2.05, 4.69) is 0 Å². The molecule has 1 aromatic carbocycles. The van der Waals surface area contributed by atoms with Crippen LogP contribution < -0.4 is 4.74 Å². The Balaban J connectivity index is 2.99. The van der Waals surface area contributed by atoms with Gasteiger partial charge in [0.15, 0.2) is 5.78 Å². The first-order valence-corrected chi connectivity index (χ1v) is 5.79. The molecule has 3 nitrogen and oxygen atoms in total. The van der Waals surface area contributed by atoms with Crippen LogP contribution in [0.25, 0.3) is 0 Å². The Morgan fingerprint density at radius 2 is 1.94 bits per heavy atom. The molecule has 0 aliphatic heterocycles. The largest absolute Gasteiger partial charge is 0.496 e. The van der Waals surface area contributed by atoms with Crippen LogP contribution in [0.1, 0.15) is 27.9 Å². The van der Waals surface area contributed by atoms with Crippen LogP contribution in [0.15, 0.2) is 12.1 Å². The van der Waals surface area contributed by atoms with Crippen molar-refractivity contribution in [3.63, 3.8) is 0 Å². The first-order chi connectivity index (χ1) is 7.95. The van der Waals surface area contributed by atoms with Gasteiger partial charge < -0.3 is 9.64 Å². The number of hydrogen-bond donors (Lipinski definition) is 0. The van der Waals surface area contributed by atoms with Crippen molar-refractivity contribution in [1.29, 1.82) is 0 Å². The van der Waals surface area contributed by atoms with E-state index in [1.165, 1.54) is 0 Å². The topological polar surface area (TPSA) is 29.5 Å². The molecule has 0 unspecified atom stereocenters. The summed E-state index contributed by atoms with van der Waals surface area (Å²) in [6, 6.07) is 3.93. The minimum atomic E-state index is 0.146. The maximum Gasteiger partial charge on any atom is 0.168 e. The van der Waals surface area contributed by atoms with Gasteiger partial charge >= 0.3 is 0 Å². The fraction of sp³-hybridized carbons (Fsp3) is 0.500. The Morgan fingerprint density at radius 3 is 2.47 bits per heavy atom. The number of ether oxygens (including phenoxy) is 1. The summed E-state index contributed by atoms with van der Waals surface area (Å²) in [5.41, 5.74) is 2.83. The molecule has 0 aliphatic carbocycles. The zero-order chi connectivity index (χ0) is 13.0. The summed E-state index contributed by atoms with van der Waals surface area (Å²) in [6.07, 6.45) is 0.521. The molecule has 0 spiro atoms. The maximum atomic E-state index is 12.2. The lowest BCUT2D eigenvalue weighted by molar-refractivity contribution is 0.0969. The van der Waals surface area contributed by atoms with Gasteiger partial charge in [-0.05, 0) is 45.1 Å². The third-order valence-corrected chi connectivity index (χ3v) is 2.73. The predicted octanol–water partition coefficient (Wildman–Crippen LogP) is 2.45. The zero-order valence-corrected chi connectivity index (χ0v) is 11.3. The highest BCUT2D eigenvalue weighted by molar-refractivity contribution is 6.00. The number of benzene rings is 1. The Kier molecular flexibility index (Phi) is 4.70. The van der Waals surface area contributed by atoms with Crippen LogP contribution in [0.5, 0.6) is 5.75 Å². The molecule has 3 heteroatoms. The van der Waals surface area contributed by atoms with Gasteiger partial charge in [0, 0.05) is 13.0 Å². The van der Waals surface area contributed by atoms with Crippen LogP contribution in [-0.2, 0) is 0 Å². The lowest BCUT2D eigenvalue weighted by Crippen LogP contribution is -2.17. The lowest BCUT2D eigenvalue weighted by Gasteiger charge is -2.13. The van der Waals surface area contributed by atoms with E-state index in [1.807, 2.05) is 45.0 Å². The van der Waals surface area contributed by atoms with E-state index < -0.39 is 0 Å². The van der Waals surface area contributed by atoms with Crippen LogP contribution >= 0.6 is 0 Å². The van der Waals surface area contributed by atoms with Crippen molar-refractivity contribution in [3.8, 4) is 5.75 Å². The summed E-state index contributed by atoms with van der Waals surface area (Å²) >= 11 is 0. The first kappa shape index (κ1) is 13.7. The van der Waals surface area contributed by atoms with Crippen LogP contribution in [0.4, 0.5) is 0 Å². The minimum absolute atomic E-state index is 0.146. The van der Waals surface area contributed by atoms with Crippen molar-refractivity contribution < 1.29 is 9.53 Å². The molecule has 0 radical (unpaired) electrons. The summed E-state index contributed by atoms with van der Waals surface area (Å²) in [5, 5.41) is 0. The molecule has 1 aromatic rings. The van der Waals surface area contributed by atoms with Gasteiger partial charge in [0.1, 0.15) is 5.75 Å². The number of carbonyl (C=O) groups is 1. The molecule has 0 atom stereocenters. The van der Waals surface area contributed by atoms with Crippen molar-refractivity contribution in [2.75, 3.05) is 27.7 Å². The van der Waals surface area contributed by atoms with E-state index >= 15 is 0 Å². The smallest absolute Gasteiger partial charge is 0.168 e. The molecule has 1 rings (SSSR count). The Hall–Kier alpha value is -1.35. The third-order valence-electron chi connectivity index (χ3n) is 2.73. The number of Topliss-reactive ketones (excluding diaryl/α,β-unsaturated/α-hetero) is 1. The second kappa shape index (κ2) is 5.82. The van der Waals surface area contributed by atoms with Gasteiger partial charge in [-0.25, -0.2) is 0 Å². The molecule has 0 aliphatic rings. The standard InChI is InChI=1S/C14H21NO2/c1-10-8-11(2)14(13(9-10)17-5)12(16)6-7-15(3)4/h8-9H,6-7H2,1-5H3. The number of ketones is 1. The predicted molar refractivity (Wildman–Crippen MR) is 70.0 cm³/mol. The zero-order valence-electron chi connectivity index (χ0n) is 11.3. The van der Waals surface area contributed by atoms with E-state index in [0.29, 0.717) is 12.2 Å². The van der Waals surface area contributed by atoms with E-state index in [0.717, 1.165) is 23.2 Å². The molecule has 0 N–H and O–H groups in total. The van der Waals surface area contributed by atoms with Crippen molar-refractivity contribution in [1.82, 2.24) is 4.90 Å². The summed E-state index contributed by atoms with van der Waals surface area (Å²) in [7, 11) is 5.54. The lowest BCUT2D eigenvalue weighted by atomic mass is 9.99. The van der Waals surface area contributed by atoms with Crippen molar-refractivity contribution in [2.24, 2.45) is 0 Å². The van der Waals surface area contributed by atoms with E-state index in [1.54, 1.807) is 7.11 Å². The van der Waals surface area contributed by atoms with Crippen LogP contribution in [-0.4, -0.2) is 38.4 Å². The minimum Gasteiger partial charge on any atom is -0.496 e. The highest BCUT2D eigenvalue weighted by Crippen LogP contribution is 2.25. The number of aryl methyl sites for hydroxylation is 2. The summed E-state index contributed by atoms with van der Waals surface area (Å²) < 4.78 is 5.30. The molecule has 0 fully saturated rings. The fourth-order valence-electron chi connectivity index (χ4n) is 1.90. The second-order valence-electron chi connectivity index (χ2n) is 4.64. The quantitative estimate of drug-likeness (QED) is 0.734. The maximum absolute atomic E-state index is 12.2. The van der Waals surface area contributed by atoms with Crippen LogP contribution in [0, 0.1) is 13.8 Å². The monoisotopic (exact) mass is 235 g/mol. The molecule has 0 bridgehead atoms. The van der Waals surface area contributed by atoms with Gasteiger partial charge in [0.25, 0.3) is 0 Å². The summed E-state index contributed by atoms with van der Waals surface area (Å²) in [4.78, 5) is 14.2. The van der Waals surface area contributed by atoms with Crippen LogP contribution in [0.2, 0.25) is 0 Å². The van der Waals surface area contributed by atoms with Gasteiger partial charge in [-0.2, -0.15) is 0 Å². The normalized spacial score (nSPS) is 10.7. The van der Waals surface area contributed by atoms with Gasteiger partial charge in [0.2, 0.25) is 0 Å². The van der Waals surface area contributed by atoms with Gasteiger partial charge in [0.05, 0.1) is 12.7 Å². The molecule has 0 amide bonds. The highest BCUT2D eigenvalue weighted by atomic mass is 16.5. The molecule has 17 heavy (non-hydrogen) atoms. The van der Waals surface area contributed by atoms with Crippen molar-refractivity contribution >= 4 is 5.78 Å². The Morgan fingerprint density at radius 1 is 1.29 bits per heavy atom. The highest BCUT2D eigenvalue weighted by Gasteiger charge is 2.15. The SMILES string of the molecule is COc1cc(C)cc(C)c1C(=O)CCN(C)C. The number of hydrogen-bond acceptors (Lipinski definition) is 3. The number of methoxy groups -OCH3 is 1. The molecule has 94 valence electrons. The van der Waals surface area contributed by atoms with E-state index in [9.17, 15) is 4.79 Å². The molecular weight excluding hydrogens is 214 g/mol. The average molecular weight is 235 g/mol. The van der Waals surface area contributed by atoms with E-state index in [4.69, 9.17) is 4.74 Å². The molecule has 0 saturated carbocycles. The average Bonchev–Trinajstić information content (AvgIpc) is 2.24. The Bertz CT molecular complexity index is 411. The molecule has 0 aromatic heterocycles. The van der Waals surface area contributed by atoms with E-state index in [-0.39, 0.29) is 5.78 Å². The second-order valence-corrected chi connectivity index (χ2v) is 4.64. The Labute approximate surface area is 103 Å². The van der Waals surface area contributed by atoms with Gasteiger partial charge in [-0.15, -0.1) is 0 Å². The molecular formula is C14H21NO2. The number of rotatable bonds is 5.